The highest BCUT2D eigenvalue weighted by Gasteiger charge is 2.38. The van der Waals surface area contributed by atoms with Crippen molar-refractivity contribution in [2.45, 2.75) is 39.3 Å². The molecule has 32 heavy (non-hydrogen) atoms. The molecule has 1 saturated heterocycles. The number of fused-ring (bicyclic) bond motifs is 1. The fourth-order valence-electron chi connectivity index (χ4n) is 4.39. The van der Waals surface area contributed by atoms with Crippen molar-refractivity contribution in [1.29, 1.82) is 0 Å². The predicted octanol–water partition coefficient (Wildman–Crippen LogP) is 2.41. The van der Waals surface area contributed by atoms with Crippen LogP contribution in [0.3, 0.4) is 0 Å². The minimum atomic E-state index is -1.59. The molecule has 8 heteroatoms. The summed E-state index contributed by atoms with van der Waals surface area (Å²) in [6.07, 6.45) is -1.23. The summed E-state index contributed by atoms with van der Waals surface area (Å²) in [5.41, 5.74) is 2.55. The minimum Gasteiger partial charge on any atom is -0.497 e. The maximum atomic E-state index is 13.3. The van der Waals surface area contributed by atoms with Crippen molar-refractivity contribution in [2.75, 3.05) is 31.6 Å². The first-order chi connectivity index (χ1) is 15.2. The molecule has 0 aliphatic carbocycles. The first kappa shape index (κ1) is 23.8. The van der Waals surface area contributed by atoms with E-state index in [0.717, 1.165) is 22.2 Å². The minimum absolute atomic E-state index is 0.0955. The zero-order valence-electron chi connectivity index (χ0n) is 19.1. The van der Waals surface area contributed by atoms with Gasteiger partial charge in [-0.15, -0.1) is 0 Å². The van der Waals surface area contributed by atoms with E-state index in [0.29, 0.717) is 26.1 Å². The van der Waals surface area contributed by atoms with Gasteiger partial charge in [-0.25, -0.2) is 5.48 Å². The third kappa shape index (κ3) is 5.14. The highest BCUT2D eigenvalue weighted by atomic mass is 16.5. The Bertz CT molecular complexity index is 964. The van der Waals surface area contributed by atoms with Crippen LogP contribution in [0.15, 0.2) is 36.4 Å². The Morgan fingerprint density at radius 3 is 2.47 bits per heavy atom. The van der Waals surface area contributed by atoms with E-state index in [9.17, 15) is 14.7 Å². The molecule has 8 nitrogen and oxygen atoms in total. The summed E-state index contributed by atoms with van der Waals surface area (Å²) in [5, 5.41) is 21.5. The van der Waals surface area contributed by atoms with Gasteiger partial charge in [-0.05, 0) is 54.3 Å². The van der Waals surface area contributed by atoms with Crippen LogP contribution in [0, 0.1) is 11.8 Å². The summed E-state index contributed by atoms with van der Waals surface area (Å²) in [7, 11) is 1.65. The number of anilines is 1. The molecule has 1 aliphatic heterocycles. The van der Waals surface area contributed by atoms with Crippen LogP contribution < -0.4 is 15.1 Å². The molecule has 2 unspecified atom stereocenters. The maximum absolute atomic E-state index is 13.3. The van der Waals surface area contributed by atoms with E-state index < -0.39 is 17.9 Å². The Balaban J connectivity index is 1.74. The standard InChI is InChI=1S/C24H33N3O5/c1-15(2)11-21(22(28)23(29)25-31)24(30)27-10-9-26(14-16(27)3)19-7-5-18-13-20(32-4)8-6-17(18)12-19/h5-8,12-13,15-16,21-22,28,31H,9-11,14H2,1-4H3,(H,25,29)/t16-,21?,22?/m1/s1. The summed E-state index contributed by atoms with van der Waals surface area (Å²) < 4.78 is 5.29. The third-order valence-electron chi connectivity index (χ3n) is 6.11. The Kier molecular flexibility index (Phi) is 7.58. The monoisotopic (exact) mass is 443 g/mol. The van der Waals surface area contributed by atoms with Crippen LogP contribution >= 0.6 is 0 Å². The molecule has 2 aromatic carbocycles. The van der Waals surface area contributed by atoms with E-state index in [1.165, 1.54) is 5.48 Å². The molecule has 0 aromatic heterocycles. The number of aliphatic hydroxyl groups is 1. The quantitative estimate of drug-likeness (QED) is 0.449. The number of hydroxylamine groups is 1. The average Bonchev–Trinajstić information content (AvgIpc) is 2.80. The van der Waals surface area contributed by atoms with Gasteiger partial charge in [-0.3, -0.25) is 14.8 Å². The van der Waals surface area contributed by atoms with E-state index in [1.54, 1.807) is 12.0 Å². The molecule has 1 heterocycles. The Labute approximate surface area is 188 Å². The van der Waals surface area contributed by atoms with Crippen LogP contribution in [0.4, 0.5) is 5.69 Å². The number of ether oxygens (including phenoxy) is 1. The van der Waals surface area contributed by atoms with Crippen LogP contribution in [0.2, 0.25) is 0 Å². The molecule has 0 bridgehead atoms. The van der Waals surface area contributed by atoms with Crippen molar-refractivity contribution in [2.24, 2.45) is 11.8 Å². The second-order valence-corrected chi connectivity index (χ2v) is 8.88. The second kappa shape index (κ2) is 10.2. The topological polar surface area (TPSA) is 102 Å². The van der Waals surface area contributed by atoms with E-state index in [-0.39, 0.29) is 17.9 Å². The lowest BCUT2D eigenvalue weighted by Crippen LogP contribution is -2.57. The smallest absolute Gasteiger partial charge is 0.272 e. The lowest BCUT2D eigenvalue weighted by molar-refractivity contribution is -0.152. The Morgan fingerprint density at radius 1 is 1.16 bits per heavy atom. The molecule has 3 atom stereocenters. The van der Waals surface area contributed by atoms with Crippen molar-refractivity contribution < 1.29 is 24.6 Å². The van der Waals surface area contributed by atoms with Gasteiger partial charge in [0, 0.05) is 31.4 Å². The highest BCUT2D eigenvalue weighted by molar-refractivity contribution is 5.89. The number of amides is 2. The molecule has 174 valence electrons. The number of hydrogen-bond donors (Lipinski definition) is 3. The molecule has 1 aliphatic rings. The molecule has 3 rings (SSSR count). The van der Waals surface area contributed by atoms with Gasteiger partial charge in [-0.1, -0.05) is 26.0 Å². The van der Waals surface area contributed by atoms with Gasteiger partial charge in [0.2, 0.25) is 5.91 Å². The van der Waals surface area contributed by atoms with Crippen LogP contribution in [-0.2, 0) is 9.59 Å². The van der Waals surface area contributed by atoms with E-state index in [1.807, 2.05) is 39.0 Å². The predicted molar refractivity (Wildman–Crippen MR) is 123 cm³/mol. The maximum Gasteiger partial charge on any atom is 0.272 e. The number of methoxy groups -OCH3 is 1. The molecule has 2 aromatic rings. The number of hydrogen-bond acceptors (Lipinski definition) is 6. The van der Waals surface area contributed by atoms with Gasteiger partial charge in [0.05, 0.1) is 13.0 Å². The Hall–Kier alpha value is -2.84. The van der Waals surface area contributed by atoms with Gasteiger partial charge in [0.1, 0.15) is 11.9 Å². The van der Waals surface area contributed by atoms with Crippen LogP contribution in [0.25, 0.3) is 10.8 Å². The van der Waals surface area contributed by atoms with Gasteiger partial charge >= 0.3 is 0 Å². The lowest BCUT2D eigenvalue weighted by Gasteiger charge is -2.43. The van der Waals surface area contributed by atoms with E-state index >= 15 is 0 Å². The molecular formula is C24H33N3O5. The lowest BCUT2D eigenvalue weighted by atomic mass is 9.89. The van der Waals surface area contributed by atoms with E-state index in [2.05, 4.69) is 23.1 Å². The fourth-order valence-corrected chi connectivity index (χ4v) is 4.39. The summed E-state index contributed by atoms with van der Waals surface area (Å²) in [6, 6.07) is 12.2. The third-order valence-corrected chi connectivity index (χ3v) is 6.11. The molecule has 0 saturated carbocycles. The number of nitrogens with zero attached hydrogens (tertiary/aromatic N) is 2. The average molecular weight is 444 g/mol. The number of nitrogens with one attached hydrogen (secondary N) is 1. The van der Waals surface area contributed by atoms with Crippen LogP contribution in [-0.4, -0.2) is 65.9 Å². The van der Waals surface area contributed by atoms with Crippen molar-refractivity contribution >= 4 is 28.3 Å². The van der Waals surface area contributed by atoms with Crippen LogP contribution in [0.5, 0.6) is 5.75 Å². The van der Waals surface area contributed by atoms with Gasteiger partial charge in [0.15, 0.2) is 0 Å². The van der Waals surface area contributed by atoms with Crippen molar-refractivity contribution in [3.8, 4) is 5.75 Å². The fraction of sp³-hybridized carbons (Fsp3) is 0.500. The number of benzene rings is 2. The molecule has 0 spiro atoms. The van der Waals surface area contributed by atoms with Crippen LogP contribution in [0.1, 0.15) is 27.2 Å². The zero-order chi connectivity index (χ0) is 23.4. The summed E-state index contributed by atoms with van der Waals surface area (Å²) in [5.74, 6) is -1.18. The summed E-state index contributed by atoms with van der Waals surface area (Å²) in [4.78, 5) is 29.0. The summed E-state index contributed by atoms with van der Waals surface area (Å²) >= 11 is 0. The molecule has 1 fully saturated rings. The number of piperazine rings is 1. The molecule has 0 radical (unpaired) electrons. The first-order valence-corrected chi connectivity index (χ1v) is 11.0. The number of rotatable bonds is 7. The Morgan fingerprint density at radius 2 is 1.84 bits per heavy atom. The second-order valence-electron chi connectivity index (χ2n) is 8.88. The normalized spacial score (nSPS) is 18.5. The van der Waals surface area contributed by atoms with E-state index in [4.69, 9.17) is 9.94 Å². The number of aliphatic hydroxyl groups excluding tert-OH is 1. The molecule has 2 amide bonds. The van der Waals surface area contributed by atoms with Gasteiger partial charge < -0.3 is 19.6 Å². The molecule has 3 N–H and O–H groups in total. The van der Waals surface area contributed by atoms with Gasteiger partial charge in [-0.2, -0.15) is 0 Å². The highest BCUT2D eigenvalue weighted by Crippen LogP contribution is 2.28. The first-order valence-electron chi connectivity index (χ1n) is 11.0. The zero-order valence-corrected chi connectivity index (χ0v) is 19.1. The largest absolute Gasteiger partial charge is 0.497 e. The molecular weight excluding hydrogens is 410 g/mol. The van der Waals surface area contributed by atoms with Gasteiger partial charge in [0.25, 0.3) is 5.91 Å². The number of carbonyl (C=O) groups is 2. The van der Waals surface area contributed by atoms with Crippen molar-refractivity contribution in [1.82, 2.24) is 10.4 Å². The van der Waals surface area contributed by atoms with Crippen molar-refractivity contribution in [3.05, 3.63) is 36.4 Å². The summed E-state index contributed by atoms with van der Waals surface area (Å²) in [6.45, 7) is 7.61. The SMILES string of the molecule is COc1ccc2cc(N3CCN(C(=O)C(CC(C)C)C(O)C(=O)NO)[C@H](C)C3)ccc2c1. The van der Waals surface area contributed by atoms with Crippen molar-refractivity contribution in [3.63, 3.8) is 0 Å². The number of carbonyl (C=O) groups excluding carboxylic acids is 2.